The first-order valence-corrected chi connectivity index (χ1v) is 5.66. The summed E-state index contributed by atoms with van der Waals surface area (Å²) in [6.45, 7) is 3.72. The number of hydrogen-bond donors (Lipinski definition) is 2. The van der Waals surface area contributed by atoms with Crippen LogP contribution in [-0.4, -0.2) is 15.7 Å². The van der Waals surface area contributed by atoms with Gasteiger partial charge in [0, 0.05) is 18.4 Å². The average Bonchev–Trinajstić information content (AvgIpc) is 2.64. The molecule has 3 N–H and O–H groups in total. The molecule has 0 atom stereocenters. The van der Waals surface area contributed by atoms with E-state index in [1.54, 1.807) is 23.9 Å². The zero-order valence-corrected chi connectivity index (χ0v) is 10.7. The zero-order chi connectivity index (χ0) is 13.3. The molecule has 5 nitrogen and oxygen atoms in total. The molecule has 1 aromatic heterocycles. The number of anilines is 2. The molecule has 2 rings (SSSR count). The highest BCUT2D eigenvalue weighted by Crippen LogP contribution is 2.21. The van der Waals surface area contributed by atoms with Crippen LogP contribution in [0.1, 0.15) is 21.7 Å². The van der Waals surface area contributed by atoms with Gasteiger partial charge in [0.2, 0.25) is 0 Å². The summed E-state index contributed by atoms with van der Waals surface area (Å²) in [5.41, 5.74) is 9.38. The van der Waals surface area contributed by atoms with Gasteiger partial charge >= 0.3 is 0 Å². The van der Waals surface area contributed by atoms with Gasteiger partial charge in [-0.05, 0) is 37.6 Å². The molecule has 1 amide bonds. The summed E-state index contributed by atoms with van der Waals surface area (Å²) in [6.07, 6.45) is 0. The van der Waals surface area contributed by atoms with Crippen molar-refractivity contribution in [1.29, 1.82) is 0 Å². The maximum Gasteiger partial charge on any atom is 0.273 e. The van der Waals surface area contributed by atoms with Gasteiger partial charge in [0.25, 0.3) is 5.91 Å². The molecule has 0 saturated heterocycles. The lowest BCUT2D eigenvalue weighted by Crippen LogP contribution is -2.16. The smallest absolute Gasteiger partial charge is 0.273 e. The number of aromatic nitrogens is 2. The third kappa shape index (κ3) is 2.20. The Morgan fingerprint density at radius 3 is 2.72 bits per heavy atom. The summed E-state index contributed by atoms with van der Waals surface area (Å²) in [6, 6.07) is 7.19. The van der Waals surface area contributed by atoms with E-state index in [1.807, 2.05) is 26.0 Å². The van der Waals surface area contributed by atoms with Gasteiger partial charge in [-0.25, -0.2) is 0 Å². The first kappa shape index (κ1) is 12.2. The van der Waals surface area contributed by atoms with E-state index in [9.17, 15) is 4.79 Å². The van der Waals surface area contributed by atoms with Gasteiger partial charge in [0.15, 0.2) is 0 Å². The summed E-state index contributed by atoms with van der Waals surface area (Å²) in [5.74, 6) is -0.188. The molecule has 0 radical (unpaired) electrons. The molecule has 0 aliphatic heterocycles. The Kier molecular flexibility index (Phi) is 3.06. The van der Waals surface area contributed by atoms with Crippen LogP contribution in [0, 0.1) is 13.8 Å². The average molecular weight is 244 g/mol. The summed E-state index contributed by atoms with van der Waals surface area (Å²) in [4.78, 5) is 12.1. The molecular weight excluding hydrogens is 228 g/mol. The fourth-order valence-electron chi connectivity index (χ4n) is 1.80. The van der Waals surface area contributed by atoms with Crippen LogP contribution in [-0.2, 0) is 7.05 Å². The van der Waals surface area contributed by atoms with Gasteiger partial charge in [0.1, 0.15) is 5.69 Å². The molecule has 0 aliphatic rings. The monoisotopic (exact) mass is 244 g/mol. The Morgan fingerprint density at radius 2 is 2.11 bits per heavy atom. The molecule has 2 aromatic rings. The Balaban J connectivity index is 2.27. The number of rotatable bonds is 2. The predicted molar refractivity (Wildman–Crippen MR) is 71.5 cm³/mol. The first-order chi connectivity index (χ1) is 8.49. The van der Waals surface area contributed by atoms with E-state index in [-0.39, 0.29) is 5.91 Å². The second-order valence-corrected chi connectivity index (χ2v) is 4.27. The van der Waals surface area contributed by atoms with E-state index in [2.05, 4.69) is 10.4 Å². The molecule has 0 saturated carbocycles. The summed E-state index contributed by atoms with van der Waals surface area (Å²) in [5, 5.41) is 6.99. The van der Waals surface area contributed by atoms with Gasteiger partial charge < -0.3 is 11.1 Å². The van der Waals surface area contributed by atoms with Crippen molar-refractivity contribution in [1.82, 2.24) is 9.78 Å². The van der Waals surface area contributed by atoms with Gasteiger partial charge in [-0.1, -0.05) is 6.07 Å². The molecule has 1 aromatic carbocycles. The van der Waals surface area contributed by atoms with Crippen LogP contribution in [0.2, 0.25) is 0 Å². The number of nitrogens with zero attached hydrogens (tertiary/aromatic N) is 2. The molecule has 5 heteroatoms. The second-order valence-electron chi connectivity index (χ2n) is 4.27. The third-order valence-electron chi connectivity index (χ3n) is 2.86. The van der Waals surface area contributed by atoms with Crippen molar-refractivity contribution in [2.45, 2.75) is 13.8 Å². The minimum Gasteiger partial charge on any atom is -0.398 e. The van der Waals surface area contributed by atoms with Gasteiger partial charge in [0.05, 0.1) is 5.69 Å². The number of amides is 1. The quantitative estimate of drug-likeness (QED) is 0.792. The number of hydrogen-bond acceptors (Lipinski definition) is 3. The topological polar surface area (TPSA) is 72.9 Å². The van der Waals surface area contributed by atoms with Gasteiger partial charge in [-0.3, -0.25) is 9.48 Å². The molecular formula is C13H16N4O. The van der Waals surface area contributed by atoms with Crippen LogP contribution in [0.3, 0.4) is 0 Å². The summed E-state index contributed by atoms with van der Waals surface area (Å²) >= 11 is 0. The highest BCUT2D eigenvalue weighted by atomic mass is 16.2. The largest absolute Gasteiger partial charge is 0.398 e. The number of nitrogens with two attached hydrogens (primary N) is 1. The number of carbonyl (C=O) groups excluding carboxylic acids is 1. The van der Waals surface area contributed by atoms with Crippen molar-refractivity contribution in [2.75, 3.05) is 11.1 Å². The number of benzene rings is 1. The van der Waals surface area contributed by atoms with Crippen molar-refractivity contribution >= 4 is 17.3 Å². The molecule has 0 spiro atoms. The first-order valence-electron chi connectivity index (χ1n) is 5.66. The van der Waals surface area contributed by atoms with Crippen LogP contribution in [0.25, 0.3) is 0 Å². The Bertz CT molecular complexity index is 601. The van der Waals surface area contributed by atoms with Crippen LogP contribution in [0.5, 0.6) is 0 Å². The van der Waals surface area contributed by atoms with Crippen molar-refractivity contribution < 1.29 is 4.79 Å². The predicted octanol–water partition coefficient (Wildman–Crippen LogP) is 1.87. The number of nitrogens with one attached hydrogen (secondary N) is 1. The molecule has 1 heterocycles. The second kappa shape index (κ2) is 4.52. The van der Waals surface area contributed by atoms with E-state index < -0.39 is 0 Å². The Morgan fingerprint density at radius 1 is 1.39 bits per heavy atom. The maximum atomic E-state index is 12.1. The SMILES string of the molecule is Cc1cc(C(=O)Nc2cccc(N)c2C)n(C)n1. The molecule has 0 fully saturated rings. The molecule has 18 heavy (non-hydrogen) atoms. The van der Waals surface area contributed by atoms with Crippen molar-refractivity contribution in [3.8, 4) is 0 Å². The fraction of sp³-hybridized carbons (Fsp3) is 0.231. The van der Waals surface area contributed by atoms with E-state index in [0.29, 0.717) is 11.4 Å². The van der Waals surface area contributed by atoms with Crippen molar-refractivity contribution in [2.24, 2.45) is 7.05 Å². The fourth-order valence-corrected chi connectivity index (χ4v) is 1.80. The lowest BCUT2D eigenvalue weighted by molar-refractivity contribution is 0.101. The Hall–Kier alpha value is -2.30. The van der Waals surface area contributed by atoms with E-state index in [1.165, 1.54) is 0 Å². The number of aryl methyl sites for hydroxylation is 2. The molecule has 0 bridgehead atoms. The Labute approximate surface area is 106 Å². The van der Waals surface area contributed by atoms with Crippen molar-refractivity contribution in [3.05, 3.63) is 41.2 Å². The van der Waals surface area contributed by atoms with Gasteiger partial charge in [-0.15, -0.1) is 0 Å². The van der Waals surface area contributed by atoms with Crippen LogP contribution in [0.4, 0.5) is 11.4 Å². The zero-order valence-electron chi connectivity index (χ0n) is 10.7. The normalized spacial score (nSPS) is 10.4. The standard InChI is InChI=1S/C13H16N4O/c1-8-7-12(17(3)16-8)13(18)15-11-6-4-5-10(14)9(11)2/h4-7H,14H2,1-3H3,(H,15,18). The van der Waals surface area contributed by atoms with E-state index >= 15 is 0 Å². The number of nitrogen functional groups attached to an aromatic ring is 1. The minimum absolute atomic E-state index is 0.188. The maximum absolute atomic E-state index is 12.1. The third-order valence-corrected chi connectivity index (χ3v) is 2.86. The lowest BCUT2D eigenvalue weighted by Gasteiger charge is -2.09. The van der Waals surface area contributed by atoms with E-state index in [0.717, 1.165) is 16.9 Å². The highest BCUT2D eigenvalue weighted by molar-refractivity contribution is 6.03. The lowest BCUT2D eigenvalue weighted by atomic mass is 10.1. The summed E-state index contributed by atoms with van der Waals surface area (Å²) in [7, 11) is 1.74. The van der Waals surface area contributed by atoms with Gasteiger partial charge in [-0.2, -0.15) is 5.10 Å². The number of carbonyl (C=O) groups is 1. The van der Waals surface area contributed by atoms with Crippen LogP contribution in [0.15, 0.2) is 24.3 Å². The molecule has 0 aliphatic carbocycles. The molecule has 94 valence electrons. The van der Waals surface area contributed by atoms with E-state index in [4.69, 9.17) is 5.73 Å². The minimum atomic E-state index is -0.188. The summed E-state index contributed by atoms with van der Waals surface area (Å²) < 4.78 is 1.56. The van der Waals surface area contributed by atoms with Crippen molar-refractivity contribution in [3.63, 3.8) is 0 Å². The van der Waals surface area contributed by atoms with Crippen LogP contribution >= 0.6 is 0 Å². The van der Waals surface area contributed by atoms with Crippen LogP contribution < -0.4 is 11.1 Å². The molecule has 0 unspecified atom stereocenters. The highest BCUT2D eigenvalue weighted by Gasteiger charge is 2.13.